The van der Waals surface area contributed by atoms with Gasteiger partial charge < -0.3 is 4.90 Å². The van der Waals surface area contributed by atoms with Crippen LogP contribution in [0, 0.1) is 0 Å². The van der Waals surface area contributed by atoms with Crippen LogP contribution in [0.4, 0.5) is 5.13 Å². The van der Waals surface area contributed by atoms with Crippen molar-refractivity contribution in [2.75, 3.05) is 30.8 Å². The normalized spacial score (nSPS) is 18.2. The van der Waals surface area contributed by atoms with Crippen LogP contribution in [0.2, 0.25) is 0 Å². The highest BCUT2D eigenvalue weighted by atomic mass is 32.2. The summed E-state index contributed by atoms with van der Waals surface area (Å²) in [5.41, 5.74) is -0.0392. The molecule has 0 atom stereocenters. The lowest BCUT2D eigenvalue weighted by Crippen LogP contribution is -2.46. The van der Waals surface area contributed by atoms with Crippen molar-refractivity contribution < 1.29 is 8.42 Å². The van der Waals surface area contributed by atoms with Crippen LogP contribution in [-0.2, 0) is 15.4 Å². The third-order valence-electron chi connectivity index (χ3n) is 4.14. The van der Waals surface area contributed by atoms with Crippen LogP contribution in [0.1, 0.15) is 46.4 Å². The van der Waals surface area contributed by atoms with Gasteiger partial charge in [-0.25, -0.2) is 17.7 Å². The molecule has 22 heavy (non-hydrogen) atoms. The first-order chi connectivity index (χ1) is 10.1. The van der Waals surface area contributed by atoms with Gasteiger partial charge in [0.2, 0.25) is 15.2 Å². The van der Waals surface area contributed by atoms with Crippen LogP contribution >= 0.6 is 11.5 Å². The van der Waals surface area contributed by atoms with E-state index in [-0.39, 0.29) is 17.2 Å². The van der Waals surface area contributed by atoms with Crippen molar-refractivity contribution in [3.8, 4) is 0 Å². The summed E-state index contributed by atoms with van der Waals surface area (Å²) in [6, 6.07) is 0.0937. The quantitative estimate of drug-likeness (QED) is 0.835. The fourth-order valence-corrected chi connectivity index (χ4v) is 4.48. The maximum Gasteiger partial charge on any atom is 0.213 e. The molecule has 2 rings (SSSR count). The van der Waals surface area contributed by atoms with Crippen molar-refractivity contribution in [3.63, 3.8) is 0 Å². The molecule has 1 saturated heterocycles. The molecule has 1 aliphatic rings. The fourth-order valence-electron chi connectivity index (χ4n) is 2.50. The van der Waals surface area contributed by atoms with E-state index in [4.69, 9.17) is 0 Å². The second-order valence-corrected chi connectivity index (χ2v) is 9.83. The molecule has 0 aliphatic carbocycles. The van der Waals surface area contributed by atoms with Crippen molar-refractivity contribution >= 4 is 26.7 Å². The molecule has 1 aliphatic heterocycles. The topological polar surface area (TPSA) is 66.4 Å². The predicted octanol–water partition coefficient (Wildman–Crippen LogP) is 2.09. The van der Waals surface area contributed by atoms with Crippen LogP contribution in [0.15, 0.2) is 0 Å². The van der Waals surface area contributed by atoms with E-state index in [1.54, 1.807) is 18.3 Å². The van der Waals surface area contributed by atoms with Crippen molar-refractivity contribution in [1.82, 2.24) is 13.7 Å². The van der Waals surface area contributed by atoms with Gasteiger partial charge in [0.05, 0.1) is 5.75 Å². The van der Waals surface area contributed by atoms with Gasteiger partial charge >= 0.3 is 0 Å². The maximum absolute atomic E-state index is 12.0. The largest absolute Gasteiger partial charge is 0.347 e. The van der Waals surface area contributed by atoms with Crippen molar-refractivity contribution in [3.05, 3.63) is 5.82 Å². The first-order valence-electron chi connectivity index (χ1n) is 7.70. The molecule has 6 nitrogen and oxygen atoms in total. The van der Waals surface area contributed by atoms with Gasteiger partial charge in [-0.1, -0.05) is 20.8 Å². The third kappa shape index (κ3) is 3.78. The van der Waals surface area contributed by atoms with Gasteiger partial charge in [-0.3, -0.25) is 0 Å². The summed E-state index contributed by atoms with van der Waals surface area (Å²) in [6.45, 7) is 9.66. The molecule has 1 aromatic rings. The number of piperidine rings is 1. The van der Waals surface area contributed by atoms with Gasteiger partial charge in [0.1, 0.15) is 5.82 Å². The summed E-state index contributed by atoms with van der Waals surface area (Å²) in [7, 11) is -1.41. The minimum absolute atomic E-state index is 0.0392. The summed E-state index contributed by atoms with van der Waals surface area (Å²) < 4.78 is 29.9. The minimum Gasteiger partial charge on any atom is -0.347 e. The lowest BCUT2D eigenvalue weighted by Gasteiger charge is -2.35. The molecule has 8 heteroatoms. The Balaban J connectivity index is 1.99. The van der Waals surface area contributed by atoms with E-state index in [0.717, 1.165) is 36.9 Å². The highest BCUT2D eigenvalue weighted by Gasteiger charge is 2.30. The van der Waals surface area contributed by atoms with Gasteiger partial charge in [0.25, 0.3) is 0 Å². The number of hydrogen-bond donors (Lipinski definition) is 0. The molecule has 2 heterocycles. The Labute approximate surface area is 137 Å². The molecule has 0 unspecified atom stereocenters. The number of nitrogens with zero attached hydrogens (tertiary/aromatic N) is 4. The van der Waals surface area contributed by atoms with E-state index in [1.165, 1.54) is 11.5 Å². The van der Waals surface area contributed by atoms with E-state index in [1.807, 2.05) is 0 Å². The van der Waals surface area contributed by atoms with Crippen LogP contribution in [0.3, 0.4) is 0 Å². The Hall–Kier alpha value is -0.730. The Morgan fingerprint density at radius 3 is 2.36 bits per heavy atom. The van der Waals surface area contributed by atoms with E-state index in [0.29, 0.717) is 0 Å². The number of anilines is 1. The molecule has 0 radical (unpaired) electrons. The summed E-state index contributed by atoms with van der Waals surface area (Å²) in [4.78, 5) is 6.86. The lowest BCUT2D eigenvalue weighted by molar-refractivity contribution is 0.312. The maximum atomic E-state index is 12.0. The summed E-state index contributed by atoms with van der Waals surface area (Å²) in [6.07, 6.45) is 1.67. The molecule has 0 bridgehead atoms. The monoisotopic (exact) mass is 346 g/mol. The molecule has 1 aromatic heterocycles. The van der Waals surface area contributed by atoms with Crippen LogP contribution in [0.5, 0.6) is 0 Å². The molecule has 0 N–H and O–H groups in total. The molecular weight excluding hydrogens is 320 g/mol. The highest BCUT2D eigenvalue weighted by molar-refractivity contribution is 7.89. The van der Waals surface area contributed by atoms with Crippen molar-refractivity contribution in [2.45, 2.75) is 52.0 Å². The Morgan fingerprint density at radius 1 is 1.32 bits per heavy atom. The van der Waals surface area contributed by atoms with E-state index in [9.17, 15) is 8.42 Å². The van der Waals surface area contributed by atoms with E-state index >= 15 is 0 Å². The van der Waals surface area contributed by atoms with Crippen molar-refractivity contribution in [1.29, 1.82) is 0 Å². The fraction of sp³-hybridized carbons (Fsp3) is 0.857. The Kier molecular flexibility index (Phi) is 5.13. The molecular formula is C14H26N4O2S2. The smallest absolute Gasteiger partial charge is 0.213 e. The zero-order chi connectivity index (χ0) is 16.5. The van der Waals surface area contributed by atoms with Gasteiger partial charge in [-0.05, 0) is 19.8 Å². The van der Waals surface area contributed by atoms with Gasteiger partial charge in [0.15, 0.2) is 0 Å². The first-order valence-corrected chi connectivity index (χ1v) is 10.1. The third-order valence-corrected chi connectivity index (χ3v) is 6.82. The molecule has 0 saturated carbocycles. The summed E-state index contributed by atoms with van der Waals surface area (Å²) in [5.74, 6) is 1.04. The van der Waals surface area contributed by atoms with Gasteiger partial charge in [-0.15, -0.1) is 0 Å². The average molecular weight is 347 g/mol. The van der Waals surface area contributed by atoms with Crippen molar-refractivity contribution in [2.24, 2.45) is 0 Å². The number of hydrogen-bond acceptors (Lipinski definition) is 6. The van der Waals surface area contributed by atoms with E-state index < -0.39 is 10.0 Å². The number of aromatic nitrogens is 2. The summed E-state index contributed by atoms with van der Waals surface area (Å²) in [5, 5.41) is 0.948. The van der Waals surface area contributed by atoms with Gasteiger partial charge in [0, 0.05) is 43.1 Å². The molecule has 1 fully saturated rings. The summed E-state index contributed by atoms with van der Waals surface area (Å²) >= 11 is 1.44. The van der Waals surface area contributed by atoms with Crippen LogP contribution in [-0.4, -0.2) is 54.0 Å². The first kappa shape index (κ1) is 17.6. The molecule has 0 spiro atoms. The second kappa shape index (κ2) is 6.41. The van der Waals surface area contributed by atoms with Gasteiger partial charge in [-0.2, -0.15) is 4.37 Å². The molecule has 0 amide bonds. The predicted molar refractivity (Wildman–Crippen MR) is 91.1 cm³/mol. The lowest BCUT2D eigenvalue weighted by atomic mass is 9.96. The molecule has 0 aromatic carbocycles. The second-order valence-electron chi connectivity index (χ2n) is 6.79. The zero-order valence-corrected chi connectivity index (χ0v) is 15.7. The van der Waals surface area contributed by atoms with Crippen LogP contribution < -0.4 is 4.90 Å². The Bertz CT molecular complexity index is 599. The van der Waals surface area contributed by atoms with Crippen LogP contribution in [0.25, 0.3) is 0 Å². The van der Waals surface area contributed by atoms with E-state index in [2.05, 4.69) is 35.0 Å². The Morgan fingerprint density at radius 2 is 1.91 bits per heavy atom. The SMILES string of the molecule is CCS(=O)(=O)N(C)C1CCN(c2nc(C(C)(C)C)ns2)CC1. The number of rotatable bonds is 4. The zero-order valence-electron chi connectivity index (χ0n) is 14.0. The molecule has 126 valence electrons. The minimum atomic E-state index is -3.11. The standard InChI is InChI=1S/C14H26N4O2S2/c1-6-22(19,20)17(5)11-7-9-18(10-8-11)13-15-12(16-21-13)14(2,3)4/h11H,6-10H2,1-5H3. The highest BCUT2D eigenvalue weighted by Crippen LogP contribution is 2.28. The average Bonchev–Trinajstić information content (AvgIpc) is 2.96. The number of sulfonamides is 1.